The molecule has 0 atom stereocenters. The van der Waals surface area contributed by atoms with E-state index >= 15 is 0 Å². The highest BCUT2D eigenvalue weighted by Gasteiger charge is 2.41. The topological polar surface area (TPSA) is 49.4 Å². The van der Waals surface area contributed by atoms with Crippen LogP contribution in [0.15, 0.2) is 65.7 Å². The lowest BCUT2D eigenvalue weighted by Gasteiger charge is -2.20. The second-order valence-corrected chi connectivity index (χ2v) is 9.94. The van der Waals surface area contributed by atoms with Crippen LogP contribution in [0.1, 0.15) is 36.8 Å². The lowest BCUT2D eigenvalue weighted by Crippen LogP contribution is -2.33. The van der Waals surface area contributed by atoms with Gasteiger partial charge in [0, 0.05) is 15.6 Å². The minimum atomic E-state index is -0.390. The molecule has 4 rings (SSSR count). The molecule has 4 nitrogen and oxygen atoms in total. The predicted molar refractivity (Wildman–Crippen MR) is 129 cm³/mol. The Morgan fingerprint density at radius 3 is 2.29 bits per heavy atom. The molecule has 1 aromatic heterocycles. The quantitative estimate of drug-likeness (QED) is 0.467. The maximum Gasteiger partial charge on any atom is 0.282 e. The van der Waals surface area contributed by atoms with Gasteiger partial charge in [-0.1, -0.05) is 56.6 Å². The Balaban J connectivity index is 1.77. The van der Waals surface area contributed by atoms with Gasteiger partial charge in [0.1, 0.15) is 5.70 Å². The van der Waals surface area contributed by atoms with Gasteiger partial charge >= 0.3 is 0 Å². The molecule has 6 heteroatoms. The summed E-state index contributed by atoms with van der Waals surface area (Å²) in [4.78, 5) is 28.9. The van der Waals surface area contributed by atoms with Crippen LogP contribution in [0.2, 0.25) is 5.02 Å². The number of imide groups is 1. The van der Waals surface area contributed by atoms with Crippen molar-refractivity contribution in [1.82, 2.24) is 0 Å². The third-order valence-electron chi connectivity index (χ3n) is 5.28. The summed E-state index contributed by atoms with van der Waals surface area (Å²) in [5, 5.41) is 5.58. The molecule has 0 unspecified atom stereocenters. The van der Waals surface area contributed by atoms with Gasteiger partial charge in [-0.15, -0.1) is 11.3 Å². The summed E-state index contributed by atoms with van der Waals surface area (Å²) in [5.74, 6) is -0.745. The summed E-state index contributed by atoms with van der Waals surface area (Å²) in [6.45, 7) is 8.30. The molecule has 0 radical (unpaired) electrons. The third kappa shape index (κ3) is 4.03. The number of nitrogens with one attached hydrogen (secondary N) is 1. The first kappa shape index (κ1) is 21.3. The van der Waals surface area contributed by atoms with Gasteiger partial charge in [-0.25, -0.2) is 4.90 Å². The van der Waals surface area contributed by atoms with Gasteiger partial charge in [0.25, 0.3) is 11.8 Å². The SMILES string of the molecule is Cc1ccc(Cl)cc1N1C(=O)C(Nc2ccc(C(C)(C)C)cc2)=C(c2cccs2)C1=O. The molecule has 1 aliphatic rings. The van der Waals surface area contributed by atoms with Crippen LogP contribution in [0, 0.1) is 6.92 Å². The van der Waals surface area contributed by atoms with Crippen molar-refractivity contribution < 1.29 is 9.59 Å². The van der Waals surface area contributed by atoms with Gasteiger partial charge < -0.3 is 5.32 Å². The van der Waals surface area contributed by atoms with Crippen LogP contribution in [0.3, 0.4) is 0 Å². The number of amides is 2. The number of hydrogen-bond acceptors (Lipinski definition) is 4. The number of carbonyl (C=O) groups is 2. The number of halogens is 1. The number of rotatable bonds is 4. The average molecular weight is 451 g/mol. The smallest absolute Gasteiger partial charge is 0.282 e. The van der Waals surface area contributed by atoms with Crippen molar-refractivity contribution in [2.75, 3.05) is 10.2 Å². The molecule has 0 saturated heterocycles. The molecule has 0 fully saturated rings. The van der Waals surface area contributed by atoms with Crippen LogP contribution in [0.4, 0.5) is 11.4 Å². The number of thiophene rings is 1. The summed E-state index contributed by atoms with van der Waals surface area (Å²) in [7, 11) is 0. The van der Waals surface area contributed by atoms with E-state index in [0.29, 0.717) is 16.3 Å². The summed E-state index contributed by atoms with van der Waals surface area (Å²) in [6, 6.07) is 16.9. The standard InChI is InChI=1S/C25H23ClN2O2S/c1-15-7-10-17(26)14-19(15)28-23(29)21(20-6-5-13-31-20)22(24(28)30)27-18-11-8-16(9-12-18)25(2,3)4/h5-14,27H,1-4H3. The van der Waals surface area contributed by atoms with Crippen molar-refractivity contribution in [3.63, 3.8) is 0 Å². The molecule has 1 aliphatic heterocycles. The van der Waals surface area contributed by atoms with Gasteiger partial charge in [-0.05, 0) is 59.2 Å². The van der Waals surface area contributed by atoms with E-state index in [1.54, 1.807) is 18.2 Å². The molecule has 2 amide bonds. The van der Waals surface area contributed by atoms with Gasteiger partial charge in [-0.2, -0.15) is 0 Å². The van der Waals surface area contributed by atoms with Crippen molar-refractivity contribution in [2.45, 2.75) is 33.1 Å². The Bertz CT molecular complexity index is 1190. The van der Waals surface area contributed by atoms with E-state index in [2.05, 4.69) is 26.1 Å². The molecular weight excluding hydrogens is 428 g/mol. The fourth-order valence-electron chi connectivity index (χ4n) is 3.54. The van der Waals surface area contributed by atoms with Crippen molar-refractivity contribution in [3.05, 3.63) is 86.7 Å². The predicted octanol–water partition coefficient (Wildman–Crippen LogP) is 6.40. The van der Waals surface area contributed by atoms with E-state index < -0.39 is 5.91 Å². The molecule has 0 saturated carbocycles. The Labute approximate surface area is 191 Å². The molecule has 2 aromatic carbocycles. The first-order valence-corrected chi connectivity index (χ1v) is 11.2. The second kappa shape index (κ2) is 7.98. The normalized spacial score (nSPS) is 14.5. The minimum absolute atomic E-state index is 0.0278. The summed E-state index contributed by atoms with van der Waals surface area (Å²) >= 11 is 7.59. The fourth-order valence-corrected chi connectivity index (χ4v) is 4.47. The van der Waals surface area contributed by atoms with Crippen LogP contribution in [-0.2, 0) is 15.0 Å². The van der Waals surface area contributed by atoms with Crippen LogP contribution >= 0.6 is 22.9 Å². The van der Waals surface area contributed by atoms with Crippen molar-refractivity contribution >= 4 is 51.7 Å². The van der Waals surface area contributed by atoms with Crippen molar-refractivity contribution in [2.24, 2.45) is 0 Å². The maximum absolute atomic E-state index is 13.5. The number of carbonyl (C=O) groups excluding carboxylic acids is 2. The number of nitrogens with zero attached hydrogens (tertiary/aromatic N) is 1. The highest BCUT2D eigenvalue weighted by molar-refractivity contribution is 7.11. The van der Waals surface area contributed by atoms with Gasteiger partial charge in [0.05, 0.1) is 11.3 Å². The van der Waals surface area contributed by atoms with E-state index in [9.17, 15) is 9.59 Å². The highest BCUT2D eigenvalue weighted by Crippen LogP contribution is 2.37. The Kier molecular flexibility index (Phi) is 5.50. The van der Waals surface area contributed by atoms with Crippen LogP contribution in [0.5, 0.6) is 0 Å². The lowest BCUT2D eigenvalue weighted by molar-refractivity contribution is -0.120. The average Bonchev–Trinajstić information content (AvgIpc) is 3.31. The summed E-state index contributed by atoms with van der Waals surface area (Å²) < 4.78 is 0. The molecule has 1 N–H and O–H groups in total. The minimum Gasteiger partial charge on any atom is -0.350 e. The number of aryl methyl sites for hydroxylation is 1. The van der Waals surface area contributed by atoms with Crippen LogP contribution in [-0.4, -0.2) is 11.8 Å². The third-order valence-corrected chi connectivity index (χ3v) is 6.41. The van der Waals surface area contributed by atoms with E-state index in [1.165, 1.54) is 21.8 Å². The first-order chi connectivity index (χ1) is 14.7. The zero-order valence-electron chi connectivity index (χ0n) is 17.8. The van der Waals surface area contributed by atoms with Gasteiger partial charge in [-0.3, -0.25) is 9.59 Å². The van der Waals surface area contributed by atoms with Crippen LogP contribution < -0.4 is 10.2 Å². The fraction of sp³-hybridized carbons (Fsp3) is 0.200. The zero-order chi connectivity index (χ0) is 22.3. The molecule has 158 valence electrons. The van der Waals surface area contributed by atoms with E-state index in [4.69, 9.17) is 11.6 Å². The van der Waals surface area contributed by atoms with E-state index in [-0.39, 0.29) is 17.0 Å². The summed E-state index contributed by atoms with van der Waals surface area (Å²) in [5.41, 5.74) is 3.91. The summed E-state index contributed by atoms with van der Waals surface area (Å²) in [6.07, 6.45) is 0. The Morgan fingerprint density at radius 1 is 0.968 bits per heavy atom. The van der Waals surface area contributed by atoms with Gasteiger partial charge in [0.2, 0.25) is 0 Å². The van der Waals surface area contributed by atoms with Crippen LogP contribution in [0.25, 0.3) is 5.57 Å². The maximum atomic E-state index is 13.5. The van der Waals surface area contributed by atoms with Crippen molar-refractivity contribution in [1.29, 1.82) is 0 Å². The second-order valence-electron chi connectivity index (χ2n) is 8.56. The number of anilines is 2. The molecule has 31 heavy (non-hydrogen) atoms. The van der Waals surface area contributed by atoms with Gasteiger partial charge in [0.15, 0.2) is 0 Å². The number of benzene rings is 2. The molecule has 0 spiro atoms. The highest BCUT2D eigenvalue weighted by atomic mass is 35.5. The monoisotopic (exact) mass is 450 g/mol. The first-order valence-electron chi connectivity index (χ1n) is 9.97. The Hall–Kier alpha value is -2.89. The largest absolute Gasteiger partial charge is 0.350 e. The molecule has 2 heterocycles. The molecule has 3 aromatic rings. The van der Waals surface area contributed by atoms with E-state index in [1.807, 2.05) is 48.7 Å². The molecular formula is C25H23ClN2O2S. The van der Waals surface area contributed by atoms with E-state index in [0.717, 1.165) is 16.1 Å². The van der Waals surface area contributed by atoms with Crippen molar-refractivity contribution in [3.8, 4) is 0 Å². The zero-order valence-corrected chi connectivity index (χ0v) is 19.4. The lowest BCUT2D eigenvalue weighted by atomic mass is 9.87. The molecule has 0 bridgehead atoms. The molecule has 0 aliphatic carbocycles. The number of hydrogen-bond donors (Lipinski definition) is 1. The Morgan fingerprint density at radius 2 is 1.68 bits per heavy atom.